The van der Waals surface area contributed by atoms with Crippen molar-refractivity contribution in [1.29, 1.82) is 0 Å². The molecule has 1 aromatic rings. The summed E-state index contributed by atoms with van der Waals surface area (Å²) in [5, 5.41) is 20.8. The van der Waals surface area contributed by atoms with Gasteiger partial charge in [0.15, 0.2) is 11.5 Å². The molecular formula is C10H10BrNO5. The number of benzene rings is 1. The molecule has 6 nitrogen and oxygen atoms in total. The van der Waals surface area contributed by atoms with Crippen molar-refractivity contribution in [2.75, 3.05) is 18.5 Å². The third-order valence-electron chi connectivity index (χ3n) is 2.39. The van der Waals surface area contributed by atoms with Crippen LogP contribution in [-0.2, 0) is 0 Å². The maximum atomic E-state index is 10.9. The molecule has 17 heavy (non-hydrogen) atoms. The lowest BCUT2D eigenvalue weighted by molar-refractivity contribution is -0.386. The Hall–Kier alpha value is -1.34. The zero-order chi connectivity index (χ0) is 12.4. The number of hydrogen-bond donors (Lipinski definition) is 1. The van der Waals surface area contributed by atoms with Crippen molar-refractivity contribution < 1.29 is 19.5 Å². The highest BCUT2D eigenvalue weighted by Crippen LogP contribution is 2.39. The van der Waals surface area contributed by atoms with E-state index in [1.165, 1.54) is 12.1 Å². The number of hydrogen-bond acceptors (Lipinski definition) is 5. The lowest BCUT2D eigenvalue weighted by Gasteiger charge is -2.19. The van der Waals surface area contributed by atoms with Gasteiger partial charge in [-0.05, 0) is 6.07 Å². The molecule has 0 saturated heterocycles. The van der Waals surface area contributed by atoms with Crippen molar-refractivity contribution in [3.63, 3.8) is 0 Å². The Labute approximate surface area is 105 Å². The Morgan fingerprint density at radius 3 is 2.53 bits per heavy atom. The van der Waals surface area contributed by atoms with Gasteiger partial charge in [0.05, 0.1) is 22.7 Å². The van der Waals surface area contributed by atoms with Crippen molar-refractivity contribution in [2.45, 2.75) is 6.10 Å². The molecule has 1 heterocycles. The largest absolute Gasteiger partial charge is 0.486 e. The SMILES string of the molecule is O=[N+]([O-])c1cc2c(cc1[C@H](O)CBr)OCCO2. The second-order valence-corrected chi connectivity index (χ2v) is 4.13. The van der Waals surface area contributed by atoms with E-state index >= 15 is 0 Å². The van der Waals surface area contributed by atoms with E-state index in [2.05, 4.69) is 15.9 Å². The molecule has 0 aliphatic carbocycles. The Kier molecular flexibility index (Phi) is 3.49. The Balaban J connectivity index is 2.51. The van der Waals surface area contributed by atoms with E-state index in [9.17, 15) is 15.2 Å². The molecule has 0 aromatic heterocycles. The number of rotatable bonds is 3. The number of halogens is 1. The molecule has 1 aromatic carbocycles. The van der Waals surface area contributed by atoms with Gasteiger partial charge in [-0.2, -0.15) is 0 Å². The van der Waals surface area contributed by atoms with E-state index in [-0.39, 0.29) is 16.6 Å². The molecule has 0 fully saturated rings. The summed E-state index contributed by atoms with van der Waals surface area (Å²) in [5.41, 5.74) is 0.0531. The van der Waals surface area contributed by atoms with Crippen molar-refractivity contribution >= 4 is 21.6 Å². The van der Waals surface area contributed by atoms with Crippen molar-refractivity contribution in [2.24, 2.45) is 0 Å². The molecule has 1 aliphatic heterocycles. The topological polar surface area (TPSA) is 81.8 Å². The van der Waals surface area contributed by atoms with Crippen LogP contribution in [0.25, 0.3) is 0 Å². The zero-order valence-electron chi connectivity index (χ0n) is 8.76. The second kappa shape index (κ2) is 4.89. The lowest BCUT2D eigenvalue weighted by atomic mass is 10.1. The summed E-state index contributed by atoms with van der Waals surface area (Å²) in [7, 11) is 0. The van der Waals surface area contributed by atoms with Crippen LogP contribution in [0.4, 0.5) is 5.69 Å². The number of nitro benzene ring substituents is 1. The quantitative estimate of drug-likeness (QED) is 0.523. The van der Waals surface area contributed by atoms with Gasteiger partial charge in [0, 0.05) is 5.33 Å². The molecule has 0 saturated carbocycles. The third kappa shape index (κ3) is 2.34. The summed E-state index contributed by atoms with van der Waals surface area (Å²) < 4.78 is 10.6. The van der Waals surface area contributed by atoms with Crippen LogP contribution >= 0.6 is 15.9 Å². The van der Waals surface area contributed by atoms with E-state index in [4.69, 9.17) is 9.47 Å². The molecule has 2 rings (SSSR count). The van der Waals surface area contributed by atoms with Crippen molar-refractivity contribution in [3.8, 4) is 11.5 Å². The minimum absolute atomic E-state index is 0.166. The fraction of sp³-hybridized carbons (Fsp3) is 0.400. The maximum Gasteiger partial charge on any atom is 0.279 e. The van der Waals surface area contributed by atoms with Crippen LogP contribution in [0.5, 0.6) is 11.5 Å². The standard InChI is InChI=1S/C10H10BrNO5/c11-5-8(13)6-3-9-10(17-2-1-16-9)4-7(6)12(14)15/h3-4,8,13H,1-2,5H2/t8-/m1/s1. The number of alkyl halides is 1. The minimum Gasteiger partial charge on any atom is -0.486 e. The number of aliphatic hydroxyl groups is 1. The first-order valence-corrected chi connectivity index (χ1v) is 6.07. The second-order valence-electron chi connectivity index (χ2n) is 3.48. The molecule has 1 N–H and O–H groups in total. The molecule has 0 unspecified atom stereocenters. The van der Waals surface area contributed by atoms with Gasteiger partial charge in [0.2, 0.25) is 0 Å². The first kappa shape index (κ1) is 12.1. The molecular weight excluding hydrogens is 294 g/mol. The third-order valence-corrected chi connectivity index (χ3v) is 3.01. The fourth-order valence-electron chi connectivity index (χ4n) is 1.60. The van der Waals surface area contributed by atoms with Crippen LogP contribution in [0.2, 0.25) is 0 Å². The summed E-state index contributed by atoms with van der Waals surface area (Å²) in [6, 6.07) is 2.74. The van der Waals surface area contributed by atoms with Gasteiger partial charge in [0.25, 0.3) is 5.69 Å². The van der Waals surface area contributed by atoms with Crippen LogP contribution < -0.4 is 9.47 Å². The highest BCUT2D eigenvalue weighted by Gasteiger charge is 2.25. The summed E-state index contributed by atoms with van der Waals surface area (Å²) in [5.74, 6) is 0.769. The monoisotopic (exact) mass is 303 g/mol. The average molecular weight is 304 g/mol. The summed E-state index contributed by atoms with van der Waals surface area (Å²) in [4.78, 5) is 10.4. The van der Waals surface area contributed by atoms with Crippen LogP contribution in [0.1, 0.15) is 11.7 Å². The van der Waals surface area contributed by atoms with Crippen LogP contribution in [0.15, 0.2) is 12.1 Å². The van der Waals surface area contributed by atoms with Crippen molar-refractivity contribution in [3.05, 3.63) is 27.8 Å². The predicted octanol–water partition coefficient (Wildman–Crippen LogP) is 1.79. The Bertz CT molecular complexity index is 451. The van der Waals surface area contributed by atoms with Gasteiger partial charge < -0.3 is 14.6 Å². The zero-order valence-corrected chi connectivity index (χ0v) is 10.3. The Morgan fingerprint density at radius 2 is 2.00 bits per heavy atom. The molecule has 1 aliphatic rings. The van der Waals surface area contributed by atoms with Crippen LogP contribution in [0.3, 0.4) is 0 Å². The minimum atomic E-state index is -0.953. The summed E-state index contributed by atoms with van der Waals surface area (Å²) >= 11 is 3.09. The highest BCUT2D eigenvalue weighted by atomic mass is 79.9. The summed E-state index contributed by atoms with van der Waals surface area (Å²) in [6.07, 6.45) is -0.953. The van der Waals surface area contributed by atoms with Gasteiger partial charge in [-0.25, -0.2) is 0 Å². The molecule has 0 spiro atoms. The molecule has 0 bridgehead atoms. The Morgan fingerprint density at radius 1 is 1.41 bits per heavy atom. The first-order valence-electron chi connectivity index (χ1n) is 4.95. The molecule has 7 heteroatoms. The number of fused-ring (bicyclic) bond motifs is 1. The van der Waals surface area contributed by atoms with Gasteiger partial charge in [-0.15, -0.1) is 0 Å². The van der Waals surface area contributed by atoms with Crippen LogP contribution in [0, 0.1) is 10.1 Å². The average Bonchev–Trinajstić information content (AvgIpc) is 2.36. The first-order chi connectivity index (χ1) is 8.13. The van der Waals surface area contributed by atoms with E-state index in [0.29, 0.717) is 24.7 Å². The number of nitrogens with zero attached hydrogens (tertiary/aromatic N) is 1. The van der Waals surface area contributed by atoms with Gasteiger partial charge >= 0.3 is 0 Å². The van der Waals surface area contributed by atoms with E-state index in [0.717, 1.165) is 0 Å². The number of nitro groups is 1. The van der Waals surface area contributed by atoms with Gasteiger partial charge in [0.1, 0.15) is 13.2 Å². The normalized spacial score (nSPS) is 15.4. The molecule has 0 radical (unpaired) electrons. The molecule has 1 atom stereocenters. The number of ether oxygens (including phenoxy) is 2. The number of aliphatic hydroxyl groups excluding tert-OH is 1. The van der Waals surface area contributed by atoms with E-state index < -0.39 is 11.0 Å². The van der Waals surface area contributed by atoms with Gasteiger partial charge in [-0.3, -0.25) is 10.1 Å². The van der Waals surface area contributed by atoms with Crippen molar-refractivity contribution in [1.82, 2.24) is 0 Å². The van der Waals surface area contributed by atoms with E-state index in [1.54, 1.807) is 0 Å². The predicted molar refractivity (Wildman–Crippen MR) is 62.8 cm³/mol. The smallest absolute Gasteiger partial charge is 0.279 e. The van der Waals surface area contributed by atoms with Gasteiger partial charge in [-0.1, -0.05) is 15.9 Å². The van der Waals surface area contributed by atoms with Crippen LogP contribution in [-0.4, -0.2) is 28.6 Å². The highest BCUT2D eigenvalue weighted by molar-refractivity contribution is 9.09. The molecule has 0 amide bonds. The fourth-order valence-corrected chi connectivity index (χ4v) is 1.95. The lowest BCUT2D eigenvalue weighted by Crippen LogP contribution is -2.16. The molecule has 92 valence electrons. The summed E-state index contributed by atoms with van der Waals surface area (Å²) in [6.45, 7) is 0.763. The maximum absolute atomic E-state index is 10.9. The van der Waals surface area contributed by atoms with E-state index in [1.807, 2.05) is 0 Å².